The maximum atomic E-state index is 6.25. The van der Waals surface area contributed by atoms with E-state index in [1.54, 1.807) is 0 Å². The third kappa shape index (κ3) is 5.04. The average Bonchev–Trinajstić information content (AvgIpc) is 2.60. The van der Waals surface area contributed by atoms with Crippen LogP contribution in [0.15, 0.2) is 60.7 Å². The first-order chi connectivity index (χ1) is 12.8. The van der Waals surface area contributed by atoms with E-state index in [2.05, 4.69) is 90.9 Å². The molecule has 0 heterocycles. The van der Waals surface area contributed by atoms with Crippen LogP contribution in [0.4, 0.5) is 0 Å². The van der Waals surface area contributed by atoms with Gasteiger partial charge in [-0.1, -0.05) is 95.3 Å². The minimum atomic E-state index is -0.530. The second-order valence-corrected chi connectivity index (χ2v) is 10.5. The molecule has 0 aliphatic heterocycles. The number of hydrogen-bond donors (Lipinski definition) is 0. The Labute approximate surface area is 172 Å². The van der Waals surface area contributed by atoms with Crippen molar-refractivity contribution in [1.29, 1.82) is 0 Å². The van der Waals surface area contributed by atoms with Gasteiger partial charge in [0.1, 0.15) is 11.2 Å². The summed E-state index contributed by atoms with van der Waals surface area (Å²) in [6.45, 7) is 19.9. The quantitative estimate of drug-likeness (QED) is 0.370. The molecule has 0 bridgehead atoms. The van der Waals surface area contributed by atoms with Crippen LogP contribution in [0, 0.1) is 11.3 Å². The van der Waals surface area contributed by atoms with Gasteiger partial charge in [-0.2, -0.15) is 0 Å². The van der Waals surface area contributed by atoms with Crippen LogP contribution in [0.2, 0.25) is 0 Å². The number of hydrogen-bond acceptors (Lipinski definition) is 2. The lowest BCUT2D eigenvalue weighted by atomic mass is 9.57. The van der Waals surface area contributed by atoms with Crippen molar-refractivity contribution in [2.45, 2.75) is 78.9 Å². The SMILES string of the molecule is CC(C)(OOC(C)(C)C(C(C)(C)C)C(C)(C)c1ccccc1)c1ccccc1. The van der Waals surface area contributed by atoms with E-state index in [1.807, 2.05) is 32.0 Å². The van der Waals surface area contributed by atoms with Crippen molar-refractivity contribution < 1.29 is 9.78 Å². The highest BCUT2D eigenvalue weighted by atomic mass is 17.2. The second-order valence-electron chi connectivity index (χ2n) is 10.5. The first-order valence-electron chi connectivity index (χ1n) is 10.3. The molecule has 154 valence electrons. The molecule has 0 fully saturated rings. The second kappa shape index (κ2) is 8.00. The lowest BCUT2D eigenvalue weighted by molar-refractivity contribution is -0.421. The summed E-state index contributed by atoms with van der Waals surface area (Å²) in [7, 11) is 0. The van der Waals surface area contributed by atoms with Crippen LogP contribution in [0.25, 0.3) is 0 Å². The molecule has 2 rings (SSSR count). The van der Waals surface area contributed by atoms with Gasteiger partial charge in [-0.15, -0.1) is 0 Å². The fourth-order valence-corrected chi connectivity index (χ4v) is 5.18. The number of benzene rings is 2. The highest BCUT2D eigenvalue weighted by molar-refractivity contribution is 5.27. The molecule has 0 amide bonds. The van der Waals surface area contributed by atoms with Crippen molar-refractivity contribution in [3.8, 4) is 0 Å². The number of rotatable bonds is 7. The normalized spacial score (nSPS) is 14.8. The van der Waals surface area contributed by atoms with Gasteiger partial charge in [0, 0.05) is 5.92 Å². The van der Waals surface area contributed by atoms with Crippen molar-refractivity contribution in [2.24, 2.45) is 11.3 Å². The maximum absolute atomic E-state index is 6.25. The molecular weight excluding hydrogens is 344 g/mol. The van der Waals surface area contributed by atoms with Crippen LogP contribution in [0.3, 0.4) is 0 Å². The van der Waals surface area contributed by atoms with E-state index in [0.717, 1.165) is 5.56 Å². The molecule has 2 nitrogen and oxygen atoms in total. The van der Waals surface area contributed by atoms with Crippen LogP contribution in [0.1, 0.15) is 73.4 Å². The first-order valence-corrected chi connectivity index (χ1v) is 10.3. The molecule has 0 aliphatic carbocycles. The Morgan fingerprint density at radius 3 is 1.43 bits per heavy atom. The van der Waals surface area contributed by atoms with Crippen LogP contribution in [0.5, 0.6) is 0 Å². The summed E-state index contributed by atoms with van der Waals surface area (Å²) in [5.41, 5.74) is 1.31. The van der Waals surface area contributed by atoms with E-state index in [1.165, 1.54) is 5.56 Å². The minimum Gasteiger partial charge on any atom is -0.229 e. The van der Waals surface area contributed by atoms with E-state index in [-0.39, 0.29) is 16.7 Å². The summed E-state index contributed by atoms with van der Waals surface area (Å²) < 4.78 is 0. The summed E-state index contributed by atoms with van der Waals surface area (Å²) in [6.07, 6.45) is 0. The lowest BCUT2D eigenvalue weighted by Gasteiger charge is -2.51. The minimum absolute atomic E-state index is 0.0170. The Morgan fingerprint density at radius 2 is 1.00 bits per heavy atom. The van der Waals surface area contributed by atoms with E-state index in [9.17, 15) is 0 Å². The van der Waals surface area contributed by atoms with Gasteiger partial charge in [0.05, 0.1) is 0 Å². The first kappa shape index (κ1) is 22.6. The van der Waals surface area contributed by atoms with Crippen molar-refractivity contribution in [2.75, 3.05) is 0 Å². The summed E-state index contributed by atoms with van der Waals surface area (Å²) in [5.74, 6) is 0.210. The Hall–Kier alpha value is -1.64. The van der Waals surface area contributed by atoms with Crippen LogP contribution < -0.4 is 0 Å². The molecule has 0 aliphatic rings. The zero-order valence-corrected chi connectivity index (χ0v) is 19.2. The molecular formula is C26H38O2. The van der Waals surface area contributed by atoms with Gasteiger partial charge in [-0.05, 0) is 49.7 Å². The van der Waals surface area contributed by atoms with Crippen molar-refractivity contribution in [3.05, 3.63) is 71.8 Å². The van der Waals surface area contributed by atoms with Gasteiger partial charge in [-0.25, -0.2) is 9.78 Å². The van der Waals surface area contributed by atoms with Crippen LogP contribution in [-0.2, 0) is 20.8 Å². The van der Waals surface area contributed by atoms with Crippen LogP contribution >= 0.6 is 0 Å². The van der Waals surface area contributed by atoms with Crippen molar-refractivity contribution in [3.63, 3.8) is 0 Å². The Morgan fingerprint density at radius 1 is 0.571 bits per heavy atom. The summed E-state index contributed by atoms with van der Waals surface area (Å²) >= 11 is 0. The predicted molar refractivity (Wildman–Crippen MR) is 118 cm³/mol. The highest BCUT2D eigenvalue weighted by Crippen LogP contribution is 2.50. The molecule has 28 heavy (non-hydrogen) atoms. The molecule has 0 N–H and O–H groups in total. The molecule has 0 aromatic heterocycles. The van der Waals surface area contributed by atoms with Crippen molar-refractivity contribution >= 4 is 0 Å². The maximum Gasteiger partial charge on any atom is 0.123 e. The Kier molecular flexibility index (Phi) is 6.47. The monoisotopic (exact) mass is 382 g/mol. The molecule has 2 aromatic rings. The van der Waals surface area contributed by atoms with Gasteiger partial charge in [0.15, 0.2) is 0 Å². The van der Waals surface area contributed by atoms with E-state index >= 15 is 0 Å². The van der Waals surface area contributed by atoms with E-state index in [4.69, 9.17) is 9.78 Å². The molecule has 0 spiro atoms. The topological polar surface area (TPSA) is 18.5 Å². The molecule has 2 aromatic carbocycles. The average molecular weight is 383 g/mol. The molecule has 0 saturated heterocycles. The molecule has 1 atom stereocenters. The van der Waals surface area contributed by atoms with Gasteiger partial charge < -0.3 is 0 Å². The standard InChI is InChI=1S/C26H38O2/c1-23(2,3)22(24(4,5)20-16-12-10-13-17-20)26(8,9)28-27-25(6,7)21-18-14-11-15-19-21/h10-19,22H,1-9H3. The molecule has 0 radical (unpaired) electrons. The van der Waals surface area contributed by atoms with Gasteiger partial charge >= 0.3 is 0 Å². The molecule has 1 unspecified atom stereocenters. The molecule has 2 heteroatoms. The predicted octanol–water partition coefficient (Wildman–Crippen LogP) is 7.29. The summed E-state index contributed by atoms with van der Waals surface area (Å²) in [6, 6.07) is 20.9. The van der Waals surface area contributed by atoms with Crippen molar-refractivity contribution in [1.82, 2.24) is 0 Å². The summed E-state index contributed by atoms with van der Waals surface area (Å²) in [5, 5.41) is 0. The highest BCUT2D eigenvalue weighted by Gasteiger charge is 2.50. The largest absolute Gasteiger partial charge is 0.229 e. The molecule has 0 saturated carbocycles. The van der Waals surface area contributed by atoms with Gasteiger partial charge in [-0.3, -0.25) is 0 Å². The van der Waals surface area contributed by atoms with Crippen LogP contribution in [-0.4, -0.2) is 5.60 Å². The van der Waals surface area contributed by atoms with Gasteiger partial charge in [0.25, 0.3) is 0 Å². The Bertz CT molecular complexity index is 737. The zero-order valence-electron chi connectivity index (χ0n) is 19.2. The summed E-state index contributed by atoms with van der Waals surface area (Å²) in [4.78, 5) is 12.3. The third-order valence-electron chi connectivity index (χ3n) is 5.73. The van der Waals surface area contributed by atoms with Gasteiger partial charge in [0.2, 0.25) is 0 Å². The fourth-order valence-electron chi connectivity index (χ4n) is 5.18. The van der Waals surface area contributed by atoms with E-state index < -0.39 is 11.2 Å². The fraction of sp³-hybridized carbons (Fsp3) is 0.538. The lowest BCUT2D eigenvalue weighted by Crippen LogP contribution is -2.52. The zero-order chi connectivity index (χ0) is 21.2. The Balaban J connectivity index is 2.33. The smallest absolute Gasteiger partial charge is 0.123 e. The van der Waals surface area contributed by atoms with E-state index in [0.29, 0.717) is 0 Å². The third-order valence-corrected chi connectivity index (χ3v) is 5.73.